The van der Waals surface area contributed by atoms with Crippen molar-refractivity contribution in [1.82, 2.24) is 4.98 Å². The molecule has 1 saturated carbocycles. The number of benzene rings is 2. The largest absolute Gasteiger partial charge is 0.441 e. The predicted molar refractivity (Wildman–Crippen MR) is 103 cm³/mol. The van der Waals surface area contributed by atoms with Crippen LogP contribution < -0.4 is 0 Å². The van der Waals surface area contributed by atoms with Crippen molar-refractivity contribution >= 4 is 0 Å². The van der Waals surface area contributed by atoms with Gasteiger partial charge in [0.1, 0.15) is 5.76 Å². The van der Waals surface area contributed by atoms with Gasteiger partial charge in [-0.2, -0.15) is 5.26 Å². The molecule has 2 aromatic carbocycles. The van der Waals surface area contributed by atoms with E-state index >= 15 is 0 Å². The zero-order chi connectivity index (χ0) is 17.9. The lowest BCUT2D eigenvalue weighted by Gasteiger charge is -2.22. The van der Waals surface area contributed by atoms with Crippen LogP contribution in [0.25, 0.3) is 22.6 Å². The maximum absolute atomic E-state index is 9.46. The summed E-state index contributed by atoms with van der Waals surface area (Å²) in [5.74, 6) is 2.22. The smallest absolute Gasteiger partial charge is 0.226 e. The Hall–Kier alpha value is -2.86. The van der Waals surface area contributed by atoms with Crippen molar-refractivity contribution in [2.45, 2.75) is 44.9 Å². The number of hydrogen-bond acceptors (Lipinski definition) is 3. The molecule has 0 unspecified atom stereocenters. The molecule has 3 heteroatoms. The van der Waals surface area contributed by atoms with Crippen LogP contribution in [0.2, 0.25) is 0 Å². The highest BCUT2D eigenvalue weighted by Gasteiger charge is 2.23. The molecule has 0 spiro atoms. The zero-order valence-corrected chi connectivity index (χ0v) is 15.0. The van der Waals surface area contributed by atoms with Crippen molar-refractivity contribution in [2.24, 2.45) is 0 Å². The lowest BCUT2D eigenvalue weighted by molar-refractivity contribution is 0.350. The Balaban J connectivity index is 1.78. The summed E-state index contributed by atoms with van der Waals surface area (Å²) in [4.78, 5) is 4.54. The molecule has 1 aromatic heterocycles. The fraction of sp³-hybridized carbons (Fsp3) is 0.304. The summed E-state index contributed by atoms with van der Waals surface area (Å²) in [5.41, 5.74) is 4.93. The van der Waals surface area contributed by atoms with Gasteiger partial charge in [0, 0.05) is 11.5 Å². The molecule has 0 atom stereocenters. The Morgan fingerprint density at radius 1 is 1.15 bits per heavy atom. The average molecular weight is 342 g/mol. The van der Waals surface area contributed by atoms with Crippen LogP contribution in [0, 0.1) is 11.3 Å². The molecule has 0 amide bonds. The lowest BCUT2D eigenvalue weighted by Crippen LogP contribution is -2.07. The van der Waals surface area contributed by atoms with E-state index in [0.717, 1.165) is 35.3 Å². The normalized spacial score (nSPS) is 14.0. The van der Waals surface area contributed by atoms with Gasteiger partial charge in [0.25, 0.3) is 0 Å². The van der Waals surface area contributed by atoms with Crippen LogP contribution in [-0.4, -0.2) is 4.98 Å². The SMILES string of the molecule is CCCc1cc(-c2ncc(C3CCC3)o2)cc(-c2ccccc2C#N)c1. The predicted octanol–water partition coefficient (Wildman–Crippen LogP) is 6.10. The molecule has 1 fully saturated rings. The molecule has 1 aliphatic rings. The third-order valence-corrected chi connectivity index (χ3v) is 5.17. The molecule has 26 heavy (non-hydrogen) atoms. The standard InChI is InChI=1S/C23H22N2O/c1-2-6-16-11-19(21-10-4-3-7-18(21)14-24)13-20(12-16)23-25-15-22(26-23)17-8-5-9-17/h3-4,7,10-13,15,17H,2,5-6,8-9H2,1H3. The number of rotatable bonds is 5. The number of nitrogens with zero attached hydrogens (tertiary/aromatic N) is 2. The van der Waals surface area contributed by atoms with Crippen LogP contribution in [0.15, 0.2) is 53.1 Å². The number of nitriles is 1. The molecule has 0 radical (unpaired) electrons. The van der Waals surface area contributed by atoms with Gasteiger partial charge in [0.2, 0.25) is 5.89 Å². The monoisotopic (exact) mass is 342 g/mol. The molecule has 0 aliphatic heterocycles. The highest BCUT2D eigenvalue weighted by atomic mass is 16.4. The van der Waals surface area contributed by atoms with E-state index in [9.17, 15) is 5.26 Å². The first-order valence-corrected chi connectivity index (χ1v) is 9.38. The topological polar surface area (TPSA) is 49.8 Å². The van der Waals surface area contributed by atoms with E-state index in [1.807, 2.05) is 30.5 Å². The maximum atomic E-state index is 9.46. The van der Waals surface area contributed by atoms with Crippen molar-refractivity contribution in [1.29, 1.82) is 5.26 Å². The minimum Gasteiger partial charge on any atom is -0.441 e. The molecule has 0 N–H and O–H groups in total. The molecular formula is C23H22N2O. The van der Waals surface area contributed by atoms with Gasteiger partial charge < -0.3 is 4.42 Å². The lowest BCUT2D eigenvalue weighted by atomic mass is 9.84. The minimum absolute atomic E-state index is 0.536. The summed E-state index contributed by atoms with van der Waals surface area (Å²) >= 11 is 0. The van der Waals surface area contributed by atoms with Crippen LogP contribution in [0.1, 0.15) is 55.4 Å². The van der Waals surface area contributed by atoms with E-state index in [2.05, 4.69) is 36.2 Å². The number of aromatic nitrogens is 1. The summed E-state index contributed by atoms with van der Waals surface area (Å²) in [6.45, 7) is 2.18. The maximum Gasteiger partial charge on any atom is 0.226 e. The highest BCUT2D eigenvalue weighted by Crippen LogP contribution is 2.38. The fourth-order valence-electron chi connectivity index (χ4n) is 3.54. The molecule has 3 nitrogen and oxygen atoms in total. The van der Waals surface area contributed by atoms with Crippen LogP contribution in [0.5, 0.6) is 0 Å². The first-order chi connectivity index (χ1) is 12.8. The first kappa shape index (κ1) is 16.6. The molecule has 3 aromatic rings. The average Bonchev–Trinajstić information content (AvgIpc) is 3.09. The van der Waals surface area contributed by atoms with Crippen LogP contribution in [0.3, 0.4) is 0 Å². The first-order valence-electron chi connectivity index (χ1n) is 9.38. The van der Waals surface area contributed by atoms with Crippen LogP contribution >= 0.6 is 0 Å². The molecule has 0 saturated heterocycles. The Morgan fingerprint density at radius 2 is 1.96 bits per heavy atom. The van der Waals surface area contributed by atoms with E-state index in [-0.39, 0.29) is 0 Å². The second-order valence-corrected chi connectivity index (χ2v) is 7.02. The Morgan fingerprint density at radius 3 is 2.69 bits per heavy atom. The summed E-state index contributed by atoms with van der Waals surface area (Å²) in [7, 11) is 0. The minimum atomic E-state index is 0.536. The van der Waals surface area contributed by atoms with Crippen molar-refractivity contribution in [2.75, 3.05) is 0 Å². The second-order valence-electron chi connectivity index (χ2n) is 7.02. The van der Waals surface area contributed by atoms with E-state index in [1.165, 1.54) is 24.8 Å². The Bertz CT molecular complexity index is 960. The summed E-state index contributed by atoms with van der Waals surface area (Å²) in [5, 5.41) is 9.46. The Kier molecular flexibility index (Phi) is 4.58. The number of oxazole rings is 1. The summed E-state index contributed by atoms with van der Waals surface area (Å²) < 4.78 is 6.08. The van der Waals surface area contributed by atoms with Gasteiger partial charge >= 0.3 is 0 Å². The number of hydrogen-bond donors (Lipinski definition) is 0. The molecule has 130 valence electrons. The van der Waals surface area contributed by atoms with Gasteiger partial charge in [-0.1, -0.05) is 44.0 Å². The summed E-state index contributed by atoms with van der Waals surface area (Å²) in [6, 6.07) is 16.5. The van der Waals surface area contributed by atoms with Gasteiger partial charge in [0.15, 0.2) is 0 Å². The van der Waals surface area contributed by atoms with E-state index in [0.29, 0.717) is 17.4 Å². The number of aryl methyl sites for hydroxylation is 1. The second kappa shape index (κ2) is 7.17. The van der Waals surface area contributed by atoms with E-state index in [1.54, 1.807) is 0 Å². The highest BCUT2D eigenvalue weighted by molar-refractivity contribution is 5.75. The molecule has 1 aliphatic carbocycles. The van der Waals surface area contributed by atoms with Gasteiger partial charge in [-0.05, 0) is 54.2 Å². The van der Waals surface area contributed by atoms with Gasteiger partial charge in [-0.3, -0.25) is 0 Å². The molecule has 0 bridgehead atoms. The van der Waals surface area contributed by atoms with Gasteiger partial charge in [-0.15, -0.1) is 0 Å². The quantitative estimate of drug-likeness (QED) is 0.563. The van der Waals surface area contributed by atoms with Crippen LogP contribution in [-0.2, 0) is 6.42 Å². The third-order valence-electron chi connectivity index (χ3n) is 5.17. The third kappa shape index (κ3) is 3.15. The van der Waals surface area contributed by atoms with Crippen molar-refractivity contribution in [3.8, 4) is 28.7 Å². The zero-order valence-electron chi connectivity index (χ0n) is 15.0. The van der Waals surface area contributed by atoms with Gasteiger partial charge in [-0.25, -0.2) is 4.98 Å². The van der Waals surface area contributed by atoms with E-state index in [4.69, 9.17) is 4.42 Å². The van der Waals surface area contributed by atoms with Gasteiger partial charge in [0.05, 0.1) is 17.8 Å². The van der Waals surface area contributed by atoms with Crippen LogP contribution in [0.4, 0.5) is 0 Å². The summed E-state index contributed by atoms with van der Waals surface area (Å²) in [6.07, 6.45) is 7.63. The van der Waals surface area contributed by atoms with Crippen molar-refractivity contribution in [3.63, 3.8) is 0 Å². The molecule has 4 rings (SSSR count). The molecular weight excluding hydrogens is 320 g/mol. The van der Waals surface area contributed by atoms with Crippen molar-refractivity contribution < 1.29 is 4.42 Å². The van der Waals surface area contributed by atoms with E-state index < -0.39 is 0 Å². The van der Waals surface area contributed by atoms with Crippen molar-refractivity contribution in [3.05, 3.63) is 65.5 Å². The molecule has 1 heterocycles. The fourth-order valence-corrected chi connectivity index (χ4v) is 3.54. The Labute approximate surface area is 154 Å².